The fourth-order valence-electron chi connectivity index (χ4n) is 2.21. The van der Waals surface area contributed by atoms with Crippen molar-refractivity contribution in [3.63, 3.8) is 0 Å². The molecule has 0 saturated heterocycles. The highest BCUT2D eigenvalue weighted by Gasteiger charge is 2.17. The minimum atomic E-state index is -3.39. The third kappa shape index (κ3) is 5.12. The summed E-state index contributed by atoms with van der Waals surface area (Å²) in [5.41, 5.74) is 0.314. The van der Waals surface area contributed by atoms with E-state index in [1.165, 1.54) is 6.07 Å². The van der Waals surface area contributed by atoms with Crippen molar-refractivity contribution >= 4 is 21.4 Å². The van der Waals surface area contributed by atoms with Crippen LogP contribution in [0.15, 0.2) is 33.7 Å². The van der Waals surface area contributed by atoms with E-state index in [0.29, 0.717) is 30.2 Å². The van der Waals surface area contributed by atoms with Gasteiger partial charge >= 0.3 is 0 Å². The zero-order chi connectivity index (χ0) is 18.4. The van der Waals surface area contributed by atoms with Crippen LogP contribution in [0, 0.1) is 0 Å². The molecule has 0 fully saturated rings. The normalized spacial score (nSPS) is 11.7. The van der Waals surface area contributed by atoms with Gasteiger partial charge in [0.15, 0.2) is 15.7 Å². The first-order chi connectivity index (χ1) is 11.8. The second-order valence-electron chi connectivity index (χ2n) is 6.00. The molecule has 0 saturated carbocycles. The molecule has 0 bridgehead atoms. The Balaban J connectivity index is 1.92. The van der Waals surface area contributed by atoms with Crippen molar-refractivity contribution in [3.8, 4) is 0 Å². The molecule has 136 valence electrons. The quantitative estimate of drug-likeness (QED) is 0.771. The van der Waals surface area contributed by atoms with Crippen molar-refractivity contribution in [2.24, 2.45) is 0 Å². The van der Waals surface area contributed by atoms with Gasteiger partial charge in [-0.15, -0.1) is 0 Å². The van der Waals surface area contributed by atoms with Gasteiger partial charge in [0.1, 0.15) is 0 Å². The second-order valence-corrected chi connectivity index (χ2v) is 8.25. The summed E-state index contributed by atoms with van der Waals surface area (Å²) in [6.07, 6.45) is 1.27. The van der Waals surface area contributed by atoms with E-state index in [0.717, 1.165) is 0 Å². The molecule has 0 atom stereocenters. The molecular formula is C17H23N3O4S. The Bertz CT molecular complexity index is 828. The SMILES string of the molecule is CCS(=O)(=O)c1ccccc1NC(=O)CCCc1nc(C(C)C)no1. The number of para-hydroxylation sites is 1. The lowest BCUT2D eigenvalue weighted by Crippen LogP contribution is -2.15. The zero-order valence-corrected chi connectivity index (χ0v) is 15.5. The molecule has 7 nitrogen and oxygen atoms in total. The monoisotopic (exact) mass is 365 g/mol. The predicted octanol–water partition coefficient (Wildman–Crippen LogP) is 2.95. The van der Waals surface area contributed by atoms with Gasteiger partial charge in [-0.1, -0.05) is 38.1 Å². The van der Waals surface area contributed by atoms with E-state index < -0.39 is 9.84 Å². The van der Waals surface area contributed by atoms with Crippen molar-refractivity contribution in [2.75, 3.05) is 11.1 Å². The van der Waals surface area contributed by atoms with Crippen LogP contribution in [0.5, 0.6) is 0 Å². The van der Waals surface area contributed by atoms with Crippen LogP contribution in [0.2, 0.25) is 0 Å². The fraction of sp³-hybridized carbons (Fsp3) is 0.471. The van der Waals surface area contributed by atoms with Crippen LogP contribution in [0.3, 0.4) is 0 Å². The van der Waals surface area contributed by atoms with E-state index in [4.69, 9.17) is 4.52 Å². The Morgan fingerprint density at radius 1 is 1.28 bits per heavy atom. The molecule has 1 aromatic heterocycles. The Morgan fingerprint density at radius 3 is 2.64 bits per heavy atom. The number of hydrogen-bond acceptors (Lipinski definition) is 6. The zero-order valence-electron chi connectivity index (χ0n) is 14.7. The summed E-state index contributed by atoms with van der Waals surface area (Å²) < 4.78 is 29.3. The molecule has 1 heterocycles. The first kappa shape index (κ1) is 19.1. The van der Waals surface area contributed by atoms with Crippen LogP contribution in [-0.4, -0.2) is 30.2 Å². The second kappa shape index (κ2) is 8.24. The van der Waals surface area contributed by atoms with Gasteiger partial charge in [0.25, 0.3) is 0 Å². The fourth-order valence-corrected chi connectivity index (χ4v) is 3.26. The number of nitrogens with one attached hydrogen (secondary N) is 1. The van der Waals surface area contributed by atoms with E-state index in [1.54, 1.807) is 25.1 Å². The van der Waals surface area contributed by atoms with Crippen LogP contribution < -0.4 is 5.32 Å². The maximum atomic E-state index is 12.1. The van der Waals surface area contributed by atoms with Crippen LogP contribution >= 0.6 is 0 Å². The number of rotatable bonds is 8. The largest absolute Gasteiger partial charge is 0.339 e. The lowest BCUT2D eigenvalue weighted by molar-refractivity contribution is -0.116. The van der Waals surface area contributed by atoms with Gasteiger partial charge in [-0.05, 0) is 18.6 Å². The van der Waals surface area contributed by atoms with Crippen LogP contribution in [0.1, 0.15) is 51.2 Å². The van der Waals surface area contributed by atoms with E-state index >= 15 is 0 Å². The number of aryl methyl sites for hydroxylation is 1. The minimum Gasteiger partial charge on any atom is -0.339 e. The molecule has 1 amide bonds. The highest BCUT2D eigenvalue weighted by atomic mass is 32.2. The molecule has 2 rings (SSSR count). The molecule has 0 aliphatic carbocycles. The number of sulfone groups is 1. The number of anilines is 1. The highest BCUT2D eigenvalue weighted by Crippen LogP contribution is 2.22. The number of benzene rings is 1. The molecule has 2 aromatic rings. The third-order valence-corrected chi connectivity index (χ3v) is 5.46. The van der Waals surface area contributed by atoms with Crippen molar-refractivity contribution in [3.05, 3.63) is 36.0 Å². The molecule has 8 heteroatoms. The van der Waals surface area contributed by atoms with Crippen molar-refractivity contribution in [1.82, 2.24) is 10.1 Å². The lowest BCUT2D eigenvalue weighted by atomic mass is 10.2. The molecule has 0 spiro atoms. The summed E-state index contributed by atoms with van der Waals surface area (Å²) in [5, 5.41) is 6.55. The lowest BCUT2D eigenvalue weighted by Gasteiger charge is -2.10. The van der Waals surface area contributed by atoms with Crippen LogP contribution in [-0.2, 0) is 21.1 Å². The Labute approximate surface area is 147 Å². The molecule has 1 aromatic carbocycles. The summed E-state index contributed by atoms with van der Waals surface area (Å²) in [4.78, 5) is 16.5. The van der Waals surface area contributed by atoms with Crippen LogP contribution in [0.4, 0.5) is 5.69 Å². The van der Waals surface area contributed by atoms with Gasteiger partial charge in [0, 0.05) is 18.8 Å². The average Bonchev–Trinajstić information content (AvgIpc) is 3.04. The molecule has 0 aliphatic heterocycles. The minimum absolute atomic E-state index is 0.0186. The van der Waals surface area contributed by atoms with Gasteiger partial charge in [0.05, 0.1) is 16.3 Å². The van der Waals surface area contributed by atoms with Gasteiger partial charge in [-0.25, -0.2) is 8.42 Å². The Kier molecular flexibility index (Phi) is 6.30. The number of hydrogen-bond donors (Lipinski definition) is 1. The van der Waals surface area contributed by atoms with E-state index in [2.05, 4.69) is 15.5 Å². The average molecular weight is 365 g/mol. The predicted molar refractivity (Wildman–Crippen MR) is 94.1 cm³/mol. The van der Waals surface area contributed by atoms with E-state index in [9.17, 15) is 13.2 Å². The Hall–Kier alpha value is -2.22. The van der Waals surface area contributed by atoms with Crippen molar-refractivity contribution in [2.45, 2.75) is 50.8 Å². The summed E-state index contributed by atoms with van der Waals surface area (Å²) in [6, 6.07) is 6.42. The van der Waals surface area contributed by atoms with Gasteiger partial charge in [-0.2, -0.15) is 4.98 Å². The maximum Gasteiger partial charge on any atom is 0.226 e. The Morgan fingerprint density at radius 2 is 2.00 bits per heavy atom. The molecular weight excluding hydrogens is 342 g/mol. The summed E-state index contributed by atoms with van der Waals surface area (Å²) in [5.74, 6) is 1.08. The van der Waals surface area contributed by atoms with E-state index in [-0.39, 0.29) is 28.9 Å². The molecule has 1 N–H and O–H groups in total. The van der Waals surface area contributed by atoms with Gasteiger partial charge < -0.3 is 9.84 Å². The number of carbonyl (C=O) groups is 1. The third-order valence-electron chi connectivity index (χ3n) is 3.67. The molecule has 25 heavy (non-hydrogen) atoms. The molecule has 0 unspecified atom stereocenters. The van der Waals surface area contributed by atoms with Gasteiger partial charge in [-0.3, -0.25) is 4.79 Å². The first-order valence-corrected chi connectivity index (χ1v) is 9.92. The van der Waals surface area contributed by atoms with Crippen LogP contribution in [0.25, 0.3) is 0 Å². The number of aromatic nitrogens is 2. The van der Waals surface area contributed by atoms with Crippen molar-refractivity contribution < 1.29 is 17.7 Å². The number of nitrogens with zero attached hydrogens (tertiary/aromatic N) is 2. The maximum absolute atomic E-state index is 12.1. The number of carbonyl (C=O) groups excluding carboxylic acids is 1. The molecule has 0 aliphatic rings. The number of amides is 1. The molecule has 0 radical (unpaired) electrons. The van der Waals surface area contributed by atoms with Gasteiger partial charge in [0.2, 0.25) is 11.8 Å². The van der Waals surface area contributed by atoms with Crippen molar-refractivity contribution in [1.29, 1.82) is 0 Å². The summed E-state index contributed by atoms with van der Waals surface area (Å²) >= 11 is 0. The highest BCUT2D eigenvalue weighted by molar-refractivity contribution is 7.91. The topological polar surface area (TPSA) is 102 Å². The standard InChI is InChI=1S/C17H23N3O4S/c1-4-25(22,23)14-9-6-5-8-13(14)18-15(21)10-7-11-16-19-17(12(2)3)20-24-16/h5-6,8-9,12H,4,7,10-11H2,1-3H3,(H,18,21). The smallest absolute Gasteiger partial charge is 0.226 e. The first-order valence-electron chi connectivity index (χ1n) is 8.27. The summed E-state index contributed by atoms with van der Waals surface area (Å²) in [7, 11) is -3.39. The van der Waals surface area contributed by atoms with E-state index in [1.807, 2.05) is 13.8 Å². The summed E-state index contributed by atoms with van der Waals surface area (Å²) in [6.45, 7) is 5.53.